The highest BCUT2D eigenvalue weighted by molar-refractivity contribution is 5.84. The van der Waals surface area contributed by atoms with Crippen LogP contribution in [-0.4, -0.2) is 40.1 Å². The molecule has 0 spiro atoms. The summed E-state index contributed by atoms with van der Waals surface area (Å²) in [4.78, 5) is 17.4. The second kappa shape index (κ2) is 7.27. The minimum Gasteiger partial charge on any atom is -0.396 e. The summed E-state index contributed by atoms with van der Waals surface area (Å²) in [6.07, 6.45) is 3.87. The average molecular weight is 288 g/mol. The summed E-state index contributed by atoms with van der Waals surface area (Å²) >= 11 is 0. The minimum atomic E-state index is 0.124. The lowest BCUT2D eigenvalue weighted by molar-refractivity contribution is -0.133. The number of nitrogens with zero attached hydrogens (tertiary/aromatic N) is 1. The van der Waals surface area contributed by atoms with Crippen molar-refractivity contribution in [2.45, 2.75) is 39.2 Å². The molecular weight excluding hydrogens is 264 g/mol. The number of fused-ring (bicyclic) bond motifs is 1. The van der Waals surface area contributed by atoms with Crippen LogP contribution >= 0.6 is 0 Å². The lowest BCUT2D eigenvalue weighted by Crippen LogP contribution is -2.38. The third-order valence-electron chi connectivity index (χ3n) is 3.78. The first-order valence-corrected chi connectivity index (χ1v) is 7.58. The van der Waals surface area contributed by atoms with E-state index in [0.29, 0.717) is 19.4 Å². The van der Waals surface area contributed by atoms with Crippen molar-refractivity contribution in [1.82, 2.24) is 9.88 Å². The quantitative estimate of drug-likeness (QED) is 0.823. The van der Waals surface area contributed by atoms with Crippen LogP contribution in [0.5, 0.6) is 0 Å². The molecule has 0 aliphatic carbocycles. The Balaban J connectivity index is 1.99. The Bertz CT molecular complexity index is 589. The molecule has 4 heteroatoms. The van der Waals surface area contributed by atoms with Gasteiger partial charge in [0.25, 0.3) is 0 Å². The summed E-state index contributed by atoms with van der Waals surface area (Å²) < 4.78 is 0. The normalized spacial score (nSPS) is 11.2. The van der Waals surface area contributed by atoms with Gasteiger partial charge in [-0.05, 0) is 38.3 Å². The number of hydrogen-bond acceptors (Lipinski definition) is 2. The van der Waals surface area contributed by atoms with Gasteiger partial charge in [0.1, 0.15) is 0 Å². The summed E-state index contributed by atoms with van der Waals surface area (Å²) in [5.41, 5.74) is 2.30. The summed E-state index contributed by atoms with van der Waals surface area (Å²) in [6, 6.07) is 8.32. The van der Waals surface area contributed by atoms with E-state index in [9.17, 15) is 4.79 Å². The summed E-state index contributed by atoms with van der Waals surface area (Å²) in [7, 11) is 0. The van der Waals surface area contributed by atoms with E-state index in [4.69, 9.17) is 5.11 Å². The zero-order chi connectivity index (χ0) is 15.2. The van der Waals surface area contributed by atoms with Crippen molar-refractivity contribution < 1.29 is 9.90 Å². The lowest BCUT2D eigenvalue weighted by atomic mass is 10.1. The van der Waals surface area contributed by atoms with Crippen LogP contribution in [0.15, 0.2) is 30.5 Å². The van der Waals surface area contributed by atoms with E-state index in [1.807, 2.05) is 43.1 Å². The highest BCUT2D eigenvalue weighted by Gasteiger charge is 2.16. The Hall–Kier alpha value is -1.81. The SMILES string of the molecule is CC(C)N(CCCO)C(=O)CCc1c[nH]c2ccccc12. The number of hydrogen-bond donors (Lipinski definition) is 2. The van der Waals surface area contributed by atoms with Gasteiger partial charge in [-0.2, -0.15) is 0 Å². The van der Waals surface area contributed by atoms with Gasteiger partial charge in [0.05, 0.1) is 0 Å². The van der Waals surface area contributed by atoms with Gasteiger partial charge in [-0.1, -0.05) is 18.2 Å². The van der Waals surface area contributed by atoms with Gasteiger partial charge in [0.15, 0.2) is 0 Å². The number of aliphatic hydroxyl groups excluding tert-OH is 1. The van der Waals surface area contributed by atoms with Gasteiger partial charge in [-0.3, -0.25) is 4.79 Å². The van der Waals surface area contributed by atoms with Gasteiger partial charge in [0.2, 0.25) is 5.91 Å². The highest BCUT2D eigenvalue weighted by Crippen LogP contribution is 2.19. The molecule has 0 saturated heterocycles. The van der Waals surface area contributed by atoms with Crippen molar-refractivity contribution in [3.63, 3.8) is 0 Å². The molecule has 0 saturated carbocycles. The Labute approximate surface area is 125 Å². The van der Waals surface area contributed by atoms with E-state index in [2.05, 4.69) is 11.1 Å². The standard InChI is InChI=1S/C17H24N2O2/c1-13(2)19(10-5-11-20)17(21)9-8-14-12-18-16-7-4-3-6-15(14)16/h3-4,6-7,12-13,18,20H,5,8-11H2,1-2H3. The molecule has 0 aliphatic rings. The predicted molar refractivity (Wildman–Crippen MR) is 85.2 cm³/mol. The molecular formula is C17H24N2O2. The topological polar surface area (TPSA) is 56.3 Å². The highest BCUT2D eigenvalue weighted by atomic mass is 16.3. The second-order valence-corrected chi connectivity index (χ2v) is 5.62. The molecule has 0 bridgehead atoms. The van der Waals surface area contributed by atoms with Crippen molar-refractivity contribution in [2.75, 3.05) is 13.2 Å². The molecule has 1 aromatic carbocycles. The van der Waals surface area contributed by atoms with Crippen LogP contribution in [-0.2, 0) is 11.2 Å². The average Bonchev–Trinajstić information content (AvgIpc) is 2.88. The fourth-order valence-corrected chi connectivity index (χ4v) is 2.64. The maximum Gasteiger partial charge on any atom is 0.223 e. The number of carbonyl (C=O) groups excluding carboxylic acids is 1. The second-order valence-electron chi connectivity index (χ2n) is 5.62. The molecule has 21 heavy (non-hydrogen) atoms. The number of nitrogens with one attached hydrogen (secondary N) is 1. The van der Waals surface area contributed by atoms with Gasteiger partial charge < -0.3 is 15.0 Å². The molecule has 2 rings (SSSR count). The first-order valence-electron chi connectivity index (χ1n) is 7.58. The van der Waals surface area contributed by atoms with Crippen molar-refractivity contribution in [3.05, 3.63) is 36.0 Å². The molecule has 2 aromatic rings. The predicted octanol–water partition coefficient (Wildman–Crippen LogP) is 2.72. The number of benzene rings is 1. The molecule has 0 atom stereocenters. The first kappa shape index (κ1) is 15.6. The van der Waals surface area contributed by atoms with Crippen molar-refractivity contribution >= 4 is 16.8 Å². The molecule has 1 amide bonds. The number of amides is 1. The van der Waals surface area contributed by atoms with E-state index in [1.54, 1.807) is 0 Å². The molecule has 4 nitrogen and oxygen atoms in total. The number of aryl methyl sites for hydroxylation is 1. The fraction of sp³-hybridized carbons (Fsp3) is 0.471. The zero-order valence-electron chi connectivity index (χ0n) is 12.8. The number of aromatic nitrogens is 1. The Morgan fingerprint density at radius 2 is 2.10 bits per heavy atom. The summed E-state index contributed by atoms with van der Waals surface area (Å²) in [5.74, 6) is 0.156. The number of para-hydroxylation sites is 1. The van der Waals surface area contributed by atoms with Crippen LogP contribution < -0.4 is 0 Å². The third kappa shape index (κ3) is 3.85. The van der Waals surface area contributed by atoms with Crippen LogP contribution in [0.2, 0.25) is 0 Å². The number of H-pyrrole nitrogens is 1. The molecule has 0 unspecified atom stereocenters. The molecule has 0 aliphatic heterocycles. The number of rotatable bonds is 7. The zero-order valence-corrected chi connectivity index (χ0v) is 12.8. The molecule has 2 N–H and O–H groups in total. The van der Waals surface area contributed by atoms with E-state index in [-0.39, 0.29) is 18.6 Å². The van der Waals surface area contributed by atoms with Gasteiger partial charge in [0, 0.05) is 42.7 Å². The van der Waals surface area contributed by atoms with Gasteiger partial charge in [-0.15, -0.1) is 0 Å². The molecule has 0 fully saturated rings. The van der Waals surface area contributed by atoms with Crippen molar-refractivity contribution in [3.8, 4) is 0 Å². The monoisotopic (exact) mass is 288 g/mol. The van der Waals surface area contributed by atoms with Crippen LogP contribution in [0.3, 0.4) is 0 Å². The fourth-order valence-electron chi connectivity index (χ4n) is 2.64. The van der Waals surface area contributed by atoms with Crippen molar-refractivity contribution in [1.29, 1.82) is 0 Å². The molecule has 0 radical (unpaired) electrons. The molecule has 1 aromatic heterocycles. The minimum absolute atomic E-state index is 0.124. The van der Waals surface area contributed by atoms with Crippen molar-refractivity contribution in [2.24, 2.45) is 0 Å². The summed E-state index contributed by atoms with van der Waals surface area (Å²) in [5, 5.41) is 10.1. The van der Waals surface area contributed by atoms with Crippen LogP contribution in [0.25, 0.3) is 10.9 Å². The maximum atomic E-state index is 12.4. The van der Waals surface area contributed by atoms with E-state index < -0.39 is 0 Å². The van der Waals surface area contributed by atoms with E-state index >= 15 is 0 Å². The Morgan fingerprint density at radius 3 is 2.81 bits per heavy atom. The number of aliphatic hydroxyl groups is 1. The summed E-state index contributed by atoms with van der Waals surface area (Å²) in [6.45, 7) is 4.78. The number of aromatic amines is 1. The van der Waals surface area contributed by atoms with E-state index in [1.165, 1.54) is 10.9 Å². The Kier molecular flexibility index (Phi) is 5.39. The van der Waals surface area contributed by atoms with Crippen LogP contribution in [0.4, 0.5) is 0 Å². The van der Waals surface area contributed by atoms with Gasteiger partial charge in [-0.25, -0.2) is 0 Å². The third-order valence-corrected chi connectivity index (χ3v) is 3.78. The van der Waals surface area contributed by atoms with E-state index in [0.717, 1.165) is 11.9 Å². The smallest absolute Gasteiger partial charge is 0.223 e. The molecule has 1 heterocycles. The largest absolute Gasteiger partial charge is 0.396 e. The number of carbonyl (C=O) groups is 1. The Morgan fingerprint density at radius 1 is 1.33 bits per heavy atom. The lowest BCUT2D eigenvalue weighted by Gasteiger charge is -2.26. The molecule has 114 valence electrons. The van der Waals surface area contributed by atoms with Gasteiger partial charge >= 0.3 is 0 Å². The van der Waals surface area contributed by atoms with Crippen LogP contribution in [0, 0.1) is 0 Å². The van der Waals surface area contributed by atoms with Crippen LogP contribution in [0.1, 0.15) is 32.3 Å². The first-order chi connectivity index (χ1) is 10.1. The maximum absolute atomic E-state index is 12.4.